The molecule has 0 aromatic heterocycles. The second-order valence-corrected chi connectivity index (χ2v) is 5.88. The van der Waals surface area contributed by atoms with Crippen molar-refractivity contribution in [2.24, 2.45) is 5.92 Å². The highest BCUT2D eigenvalue weighted by Gasteiger charge is 2.30. The maximum Gasteiger partial charge on any atom is 0.416 e. The maximum atomic E-state index is 12.6. The second-order valence-electron chi connectivity index (χ2n) is 5.88. The first-order valence-corrected chi connectivity index (χ1v) is 8.03. The minimum atomic E-state index is -4.39. The Labute approximate surface area is 139 Å². The molecule has 1 aromatic rings. The zero-order chi connectivity index (χ0) is 17.4. The predicted octanol–water partition coefficient (Wildman–Crippen LogP) is 2.81. The van der Waals surface area contributed by atoms with Crippen molar-refractivity contribution in [1.82, 2.24) is 5.32 Å². The highest BCUT2D eigenvalue weighted by atomic mass is 19.4. The third kappa shape index (κ3) is 6.49. The van der Waals surface area contributed by atoms with Crippen LogP contribution in [0.25, 0.3) is 0 Å². The van der Waals surface area contributed by atoms with Gasteiger partial charge in [-0.1, -0.05) is 18.2 Å². The summed E-state index contributed by atoms with van der Waals surface area (Å²) < 4.78 is 48.6. The van der Waals surface area contributed by atoms with Crippen LogP contribution >= 0.6 is 0 Å². The Hall–Kier alpha value is -1.60. The Morgan fingerprint density at radius 3 is 2.92 bits per heavy atom. The van der Waals surface area contributed by atoms with E-state index in [2.05, 4.69) is 5.32 Å². The van der Waals surface area contributed by atoms with Crippen molar-refractivity contribution < 1.29 is 27.4 Å². The van der Waals surface area contributed by atoms with E-state index in [0.29, 0.717) is 37.7 Å². The molecular formula is C17H22F3NO3. The molecule has 1 saturated heterocycles. The van der Waals surface area contributed by atoms with Gasteiger partial charge in [-0.15, -0.1) is 0 Å². The fourth-order valence-corrected chi connectivity index (χ4v) is 2.47. The molecule has 1 N–H and O–H groups in total. The lowest BCUT2D eigenvalue weighted by Crippen LogP contribution is -2.27. The molecule has 1 amide bonds. The van der Waals surface area contributed by atoms with Gasteiger partial charge in [0.05, 0.1) is 25.2 Å². The van der Waals surface area contributed by atoms with Crippen molar-refractivity contribution in [3.05, 3.63) is 35.4 Å². The first kappa shape index (κ1) is 18.7. The summed E-state index contributed by atoms with van der Waals surface area (Å²) in [7, 11) is 0. The normalized spacial score (nSPS) is 17.9. The molecule has 1 aromatic carbocycles. The van der Waals surface area contributed by atoms with E-state index in [4.69, 9.17) is 9.47 Å². The Morgan fingerprint density at radius 1 is 1.38 bits per heavy atom. The molecule has 134 valence electrons. The van der Waals surface area contributed by atoms with Gasteiger partial charge >= 0.3 is 6.18 Å². The van der Waals surface area contributed by atoms with Gasteiger partial charge in [0.15, 0.2) is 0 Å². The van der Waals surface area contributed by atoms with Crippen LogP contribution in [0.2, 0.25) is 0 Å². The molecule has 0 aliphatic carbocycles. The van der Waals surface area contributed by atoms with Crippen LogP contribution < -0.4 is 5.32 Å². The van der Waals surface area contributed by atoms with Crippen molar-refractivity contribution in [2.75, 3.05) is 33.0 Å². The molecule has 2 rings (SSSR count). The van der Waals surface area contributed by atoms with Crippen LogP contribution in [0.5, 0.6) is 0 Å². The SMILES string of the molecule is O=C(Cc1cccc(C(F)(F)F)c1)NCCCOCC1CCOC1. The fourth-order valence-electron chi connectivity index (χ4n) is 2.47. The van der Waals surface area contributed by atoms with E-state index in [9.17, 15) is 18.0 Å². The largest absolute Gasteiger partial charge is 0.416 e. The molecule has 1 unspecified atom stereocenters. The summed E-state index contributed by atoms with van der Waals surface area (Å²) in [6.07, 6.45) is -2.77. The van der Waals surface area contributed by atoms with Crippen molar-refractivity contribution in [2.45, 2.75) is 25.4 Å². The van der Waals surface area contributed by atoms with Gasteiger partial charge in [-0.25, -0.2) is 0 Å². The highest BCUT2D eigenvalue weighted by Crippen LogP contribution is 2.29. The van der Waals surface area contributed by atoms with Gasteiger partial charge in [0.2, 0.25) is 5.91 Å². The Morgan fingerprint density at radius 2 is 2.21 bits per heavy atom. The van der Waals surface area contributed by atoms with Crippen LogP contribution in [0.3, 0.4) is 0 Å². The van der Waals surface area contributed by atoms with Gasteiger partial charge in [-0.2, -0.15) is 13.2 Å². The van der Waals surface area contributed by atoms with Crippen molar-refractivity contribution >= 4 is 5.91 Å². The van der Waals surface area contributed by atoms with E-state index in [1.165, 1.54) is 12.1 Å². The van der Waals surface area contributed by atoms with Gasteiger partial charge in [0, 0.05) is 25.7 Å². The first-order chi connectivity index (χ1) is 11.4. The summed E-state index contributed by atoms with van der Waals surface area (Å²) in [6.45, 7) is 3.19. The van der Waals surface area contributed by atoms with Crippen LogP contribution in [0.4, 0.5) is 13.2 Å². The number of rotatable bonds is 8. The van der Waals surface area contributed by atoms with Crippen LogP contribution in [0.1, 0.15) is 24.0 Å². The summed E-state index contributed by atoms with van der Waals surface area (Å²) in [5.41, 5.74) is -0.392. The van der Waals surface area contributed by atoms with Crippen LogP contribution in [-0.4, -0.2) is 38.9 Å². The number of benzene rings is 1. The summed E-state index contributed by atoms with van der Waals surface area (Å²) in [5.74, 6) is 0.166. The number of nitrogens with one attached hydrogen (secondary N) is 1. The highest BCUT2D eigenvalue weighted by molar-refractivity contribution is 5.78. The molecule has 0 saturated carbocycles. The molecular weight excluding hydrogens is 323 g/mol. The molecule has 0 bridgehead atoms. The number of alkyl halides is 3. The standard InChI is InChI=1S/C17H22F3NO3/c18-17(19,20)15-4-1-3-13(9-15)10-16(22)21-6-2-7-23-11-14-5-8-24-12-14/h1,3-4,9,14H,2,5-8,10-12H2,(H,21,22). The Balaban J connectivity index is 1.61. The van der Waals surface area contributed by atoms with Gasteiger partial charge in [-0.05, 0) is 24.5 Å². The molecule has 1 heterocycles. The van der Waals surface area contributed by atoms with Gasteiger partial charge in [-0.3, -0.25) is 4.79 Å². The number of amides is 1. The van der Waals surface area contributed by atoms with Crippen molar-refractivity contribution in [3.8, 4) is 0 Å². The number of hydrogen-bond acceptors (Lipinski definition) is 3. The molecule has 4 nitrogen and oxygen atoms in total. The van der Waals surface area contributed by atoms with E-state index >= 15 is 0 Å². The van der Waals surface area contributed by atoms with Crippen LogP contribution in [-0.2, 0) is 26.9 Å². The van der Waals surface area contributed by atoms with Crippen molar-refractivity contribution in [1.29, 1.82) is 0 Å². The monoisotopic (exact) mass is 345 g/mol. The average molecular weight is 345 g/mol. The van der Waals surface area contributed by atoms with E-state index in [1.54, 1.807) is 0 Å². The maximum absolute atomic E-state index is 12.6. The zero-order valence-corrected chi connectivity index (χ0v) is 13.4. The lowest BCUT2D eigenvalue weighted by atomic mass is 10.1. The summed E-state index contributed by atoms with van der Waals surface area (Å²) in [4.78, 5) is 11.8. The van der Waals surface area contributed by atoms with E-state index in [-0.39, 0.29) is 12.3 Å². The smallest absolute Gasteiger partial charge is 0.381 e. The predicted molar refractivity (Wildman–Crippen MR) is 82.5 cm³/mol. The van der Waals surface area contributed by atoms with E-state index in [0.717, 1.165) is 31.8 Å². The molecule has 1 atom stereocenters. The van der Waals surface area contributed by atoms with Gasteiger partial charge in [0.25, 0.3) is 0 Å². The molecule has 0 spiro atoms. The Bertz CT molecular complexity index is 528. The third-order valence-electron chi connectivity index (χ3n) is 3.78. The minimum absolute atomic E-state index is 0.0653. The lowest BCUT2D eigenvalue weighted by molar-refractivity contribution is -0.137. The van der Waals surface area contributed by atoms with Gasteiger partial charge in [0.1, 0.15) is 0 Å². The quantitative estimate of drug-likeness (QED) is 0.737. The third-order valence-corrected chi connectivity index (χ3v) is 3.78. The molecule has 1 fully saturated rings. The number of halogens is 3. The van der Waals surface area contributed by atoms with Crippen molar-refractivity contribution in [3.63, 3.8) is 0 Å². The van der Waals surface area contributed by atoms with E-state index in [1.807, 2.05) is 0 Å². The topological polar surface area (TPSA) is 47.6 Å². The number of ether oxygens (including phenoxy) is 2. The molecule has 0 radical (unpaired) electrons. The van der Waals surface area contributed by atoms with Gasteiger partial charge < -0.3 is 14.8 Å². The average Bonchev–Trinajstić information content (AvgIpc) is 3.03. The molecule has 1 aliphatic heterocycles. The lowest BCUT2D eigenvalue weighted by Gasteiger charge is -2.10. The number of carbonyl (C=O) groups is 1. The summed E-state index contributed by atoms with van der Waals surface area (Å²) in [5, 5.41) is 2.69. The van der Waals surface area contributed by atoms with Crippen LogP contribution in [0, 0.1) is 5.92 Å². The second kappa shape index (κ2) is 9.03. The fraction of sp³-hybridized carbons (Fsp3) is 0.588. The molecule has 1 aliphatic rings. The van der Waals surface area contributed by atoms with E-state index < -0.39 is 11.7 Å². The summed E-state index contributed by atoms with van der Waals surface area (Å²) in [6, 6.07) is 4.83. The first-order valence-electron chi connectivity index (χ1n) is 8.03. The van der Waals surface area contributed by atoms with Crippen LogP contribution in [0.15, 0.2) is 24.3 Å². The minimum Gasteiger partial charge on any atom is -0.381 e. The number of carbonyl (C=O) groups excluding carboxylic acids is 1. The Kier molecular flexibility index (Phi) is 7.05. The zero-order valence-electron chi connectivity index (χ0n) is 13.4. The molecule has 24 heavy (non-hydrogen) atoms. The number of hydrogen-bond donors (Lipinski definition) is 1. The summed E-state index contributed by atoms with van der Waals surface area (Å²) >= 11 is 0. The molecule has 7 heteroatoms.